The van der Waals surface area contributed by atoms with Crippen molar-refractivity contribution in [1.82, 2.24) is 25.0 Å². The van der Waals surface area contributed by atoms with E-state index >= 15 is 0 Å². The molecule has 3 rings (SSSR count). The van der Waals surface area contributed by atoms with Crippen LogP contribution >= 0.6 is 0 Å². The number of nitrogens with one attached hydrogen (secondary N) is 1. The van der Waals surface area contributed by atoms with Crippen LogP contribution in [0.2, 0.25) is 0 Å². The number of carbonyl (C=O) groups is 1. The Morgan fingerprint density at radius 3 is 2.84 bits per heavy atom. The molecule has 0 aromatic carbocycles. The Kier molecular flexibility index (Phi) is 3.15. The normalized spacial score (nSPS) is 16.7. The molecule has 2 heterocycles. The molecule has 2 aromatic heterocycles. The summed E-state index contributed by atoms with van der Waals surface area (Å²) >= 11 is 0. The van der Waals surface area contributed by atoms with Gasteiger partial charge in [-0.25, -0.2) is 9.67 Å². The Morgan fingerprint density at radius 1 is 1.37 bits per heavy atom. The van der Waals surface area contributed by atoms with Crippen LogP contribution in [0.15, 0.2) is 12.4 Å². The predicted molar refractivity (Wildman–Crippen MR) is 69.7 cm³/mol. The molecule has 6 heteroatoms. The average molecular weight is 259 g/mol. The zero-order chi connectivity index (χ0) is 13.2. The van der Waals surface area contributed by atoms with Crippen molar-refractivity contribution in [1.29, 1.82) is 0 Å². The molecule has 0 amide bonds. The predicted octanol–water partition coefficient (Wildman–Crippen LogP) is 2.38. The molecule has 0 radical (unpaired) electrons. The molecule has 6 nitrogen and oxygen atoms in total. The third-order valence-electron chi connectivity index (χ3n) is 3.68. The van der Waals surface area contributed by atoms with Gasteiger partial charge in [-0.1, -0.05) is 19.3 Å². The fourth-order valence-electron chi connectivity index (χ4n) is 2.64. The van der Waals surface area contributed by atoms with Crippen molar-refractivity contribution >= 4 is 5.78 Å². The lowest BCUT2D eigenvalue weighted by atomic mass is 9.95. The molecule has 0 spiro atoms. The molecule has 0 atom stereocenters. The van der Waals surface area contributed by atoms with Gasteiger partial charge in [0.1, 0.15) is 17.7 Å². The summed E-state index contributed by atoms with van der Waals surface area (Å²) in [6.45, 7) is 1.52. The standard InChI is InChI=1S/C13H17N5O/c1-9(19)11-7-12(17-16-11)13-14-8-15-18(13)10-5-3-2-4-6-10/h7-8,10H,2-6H2,1H3,(H,16,17). The van der Waals surface area contributed by atoms with E-state index in [1.54, 1.807) is 12.4 Å². The summed E-state index contributed by atoms with van der Waals surface area (Å²) in [5.41, 5.74) is 1.20. The fourth-order valence-corrected chi connectivity index (χ4v) is 2.64. The number of carbonyl (C=O) groups excluding carboxylic acids is 1. The van der Waals surface area contributed by atoms with Crippen molar-refractivity contribution in [2.24, 2.45) is 0 Å². The highest BCUT2D eigenvalue weighted by atomic mass is 16.1. The van der Waals surface area contributed by atoms with Gasteiger partial charge in [-0.2, -0.15) is 10.2 Å². The summed E-state index contributed by atoms with van der Waals surface area (Å²) in [7, 11) is 0. The summed E-state index contributed by atoms with van der Waals surface area (Å²) < 4.78 is 1.96. The van der Waals surface area contributed by atoms with Gasteiger partial charge in [0.2, 0.25) is 0 Å². The summed E-state index contributed by atoms with van der Waals surface area (Å²) in [4.78, 5) is 15.6. The second-order valence-electron chi connectivity index (χ2n) is 5.04. The molecule has 1 N–H and O–H groups in total. The first-order valence-corrected chi connectivity index (χ1v) is 6.72. The summed E-state index contributed by atoms with van der Waals surface area (Å²) in [6.07, 6.45) is 7.62. The summed E-state index contributed by atoms with van der Waals surface area (Å²) in [5.74, 6) is 0.720. The first-order chi connectivity index (χ1) is 9.25. The maximum Gasteiger partial charge on any atom is 0.178 e. The van der Waals surface area contributed by atoms with E-state index in [2.05, 4.69) is 20.3 Å². The molecule has 1 aliphatic carbocycles. The molecule has 0 aliphatic heterocycles. The molecular formula is C13H17N5O. The van der Waals surface area contributed by atoms with E-state index in [4.69, 9.17) is 0 Å². The third-order valence-corrected chi connectivity index (χ3v) is 3.68. The molecule has 19 heavy (non-hydrogen) atoms. The zero-order valence-corrected chi connectivity index (χ0v) is 11.0. The Morgan fingerprint density at radius 2 is 2.16 bits per heavy atom. The van der Waals surface area contributed by atoms with E-state index in [1.165, 1.54) is 26.2 Å². The minimum absolute atomic E-state index is 0.0255. The van der Waals surface area contributed by atoms with Crippen LogP contribution in [0, 0.1) is 0 Å². The SMILES string of the molecule is CC(=O)c1cc(-c2ncnn2C2CCCCC2)n[nH]1. The lowest BCUT2D eigenvalue weighted by Crippen LogP contribution is -2.15. The van der Waals surface area contributed by atoms with Gasteiger partial charge in [-0.15, -0.1) is 0 Å². The quantitative estimate of drug-likeness (QED) is 0.858. The average Bonchev–Trinajstić information content (AvgIpc) is 3.08. The maximum atomic E-state index is 11.3. The van der Waals surface area contributed by atoms with Crippen LogP contribution < -0.4 is 0 Å². The summed E-state index contributed by atoms with van der Waals surface area (Å²) in [5, 5.41) is 11.2. The number of hydrogen-bond acceptors (Lipinski definition) is 4. The topological polar surface area (TPSA) is 76.5 Å². The van der Waals surface area contributed by atoms with Crippen LogP contribution in [-0.2, 0) is 0 Å². The molecule has 1 saturated carbocycles. The largest absolute Gasteiger partial charge is 0.293 e. The van der Waals surface area contributed by atoms with Crippen molar-refractivity contribution < 1.29 is 4.79 Å². The van der Waals surface area contributed by atoms with Gasteiger partial charge in [0.15, 0.2) is 11.6 Å². The number of nitrogens with zero attached hydrogens (tertiary/aromatic N) is 4. The Bertz CT molecular complexity index is 579. The lowest BCUT2D eigenvalue weighted by molar-refractivity contribution is 0.101. The highest BCUT2D eigenvalue weighted by Gasteiger charge is 2.21. The number of rotatable bonds is 3. The van der Waals surface area contributed by atoms with Crippen LogP contribution in [0.25, 0.3) is 11.5 Å². The van der Waals surface area contributed by atoms with E-state index in [0.29, 0.717) is 17.4 Å². The number of Topliss-reactive ketones (excluding diaryl/α,β-unsaturated/α-hetero) is 1. The van der Waals surface area contributed by atoms with Crippen molar-refractivity contribution in [2.45, 2.75) is 45.1 Å². The van der Waals surface area contributed by atoms with Crippen molar-refractivity contribution in [2.75, 3.05) is 0 Å². The van der Waals surface area contributed by atoms with E-state index in [0.717, 1.165) is 18.7 Å². The van der Waals surface area contributed by atoms with Crippen LogP contribution in [-0.4, -0.2) is 30.7 Å². The zero-order valence-electron chi connectivity index (χ0n) is 11.0. The van der Waals surface area contributed by atoms with Crippen molar-refractivity contribution in [3.05, 3.63) is 18.1 Å². The number of aromatic nitrogens is 5. The highest BCUT2D eigenvalue weighted by Crippen LogP contribution is 2.30. The van der Waals surface area contributed by atoms with Crippen molar-refractivity contribution in [3.63, 3.8) is 0 Å². The minimum atomic E-state index is -0.0255. The molecule has 0 unspecified atom stereocenters. The van der Waals surface area contributed by atoms with Gasteiger partial charge in [-0.3, -0.25) is 9.89 Å². The smallest absolute Gasteiger partial charge is 0.178 e. The molecular weight excluding hydrogens is 242 g/mol. The number of H-pyrrole nitrogens is 1. The molecule has 100 valence electrons. The molecule has 0 saturated heterocycles. The Hall–Kier alpha value is -1.98. The fraction of sp³-hybridized carbons (Fsp3) is 0.538. The lowest BCUT2D eigenvalue weighted by Gasteiger charge is -2.22. The first kappa shape index (κ1) is 12.1. The van der Waals surface area contributed by atoms with Gasteiger partial charge < -0.3 is 0 Å². The van der Waals surface area contributed by atoms with Crippen LogP contribution in [0.1, 0.15) is 55.6 Å². The van der Waals surface area contributed by atoms with Gasteiger partial charge in [0.05, 0.1) is 6.04 Å². The van der Waals surface area contributed by atoms with Crippen LogP contribution in [0.4, 0.5) is 0 Å². The van der Waals surface area contributed by atoms with Crippen LogP contribution in [0.3, 0.4) is 0 Å². The minimum Gasteiger partial charge on any atom is -0.293 e. The van der Waals surface area contributed by atoms with Gasteiger partial charge >= 0.3 is 0 Å². The number of hydrogen-bond donors (Lipinski definition) is 1. The molecule has 2 aromatic rings. The Balaban J connectivity index is 1.91. The summed E-state index contributed by atoms with van der Waals surface area (Å²) in [6, 6.07) is 2.15. The van der Waals surface area contributed by atoms with Gasteiger partial charge in [0.25, 0.3) is 0 Å². The van der Waals surface area contributed by atoms with E-state index < -0.39 is 0 Å². The second-order valence-corrected chi connectivity index (χ2v) is 5.04. The third kappa shape index (κ3) is 2.30. The Labute approximate surface area is 111 Å². The van der Waals surface area contributed by atoms with E-state index in [1.807, 2.05) is 4.68 Å². The monoisotopic (exact) mass is 259 g/mol. The number of ketones is 1. The first-order valence-electron chi connectivity index (χ1n) is 6.72. The molecule has 0 bridgehead atoms. The van der Waals surface area contributed by atoms with E-state index in [-0.39, 0.29) is 5.78 Å². The second kappa shape index (κ2) is 4.95. The highest BCUT2D eigenvalue weighted by molar-refractivity contribution is 5.92. The van der Waals surface area contributed by atoms with E-state index in [9.17, 15) is 4.79 Å². The van der Waals surface area contributed by atoms with Crippen LogP contribution in [0.5, 0.6) is 0 Å². The molecule has 1 aliphatic rings. The van der Waals surface area contributed by atoms with Gasteiger partial charge in [-0.05, 0) is 18.9 Å². The van der Waals surface area contributed by atoms with Crippen molar-refractivity contribution in [3.8, 4) is 11.5 Å². The number of aromatic amines is 1. The maximum absolute atomic E-state index is 11.3. The molecule has 1 fully saturated rings. The van der Waals surface area contributed by atoms with Gasteiger partial charge in [0, 0.05) is 6.92 Å².